The number of aromatic nitrogens is 4. The van der Waals surface area contributed by atoms with Crippen molar-refractivity contribution in [2.45, 2.75) is 6.54 Å². The topological polar surface area (TPSA) is 84.3 Å². The van der Waals surface area contributed by atoms with Gasteiger partial charge in [0.05, 0.1) is 24.5 Å². The molecule has 3 heterocycles. The van der Waals surface area contributed by atoms with Crippen molar-refractivity contribution in [2.24, 2.45) is 0 Å². The van der Waals surface area contributed by atoms with E-state index in [9.17, 15) is 4.79 Å². The Morgan fingerprint density at radius 3 is 3.04 bits per heavy atom. The molecular formula is C19H17N5O2. The van der Waals surface area contributed by atoms with E-state index in [4.69, 9.17) is 4.74 Å². The molecule has 3 aromatic heterocycles. The van der Waals surface area contributed by atoms with Gasteiger partial charge in [0.2, 0.25) is 0 Å². The van der Waals surface area contributed by atoms with Crippen LogP contribution in [0.4, 0.5) is 0 Å². The molecule has 7 nitrogen and oxygen atoms in total. The number of methoxy groups -OCH3 is 1. The number of nitrogens with zero attached hydrogens (tertiary/aromatic N) is 3. The molecule has 0 aliphatic carbocycles. The average molecular weight is 347 g/mol. The molecule has 1 amide bonds. The fourth-order valence-electron chi connectivity index (χ4n) is 2.76. The Kier molecular flexibility index (Phi) is 4.10. The lowest BCUT2D eigenvalue weighted by molar-refractivity contribution is 0.0946. The minimum atomic E-state index is -0.220. The van der Waals surface area contributed by atoms with Gasteiger partial charge in [0.15, 0.2) is 0 Å². The molecule has 0 fully saturated rings. The minimum Gasteiger partial charge on any atom is -0.497 e. The number of amides is 1. The lowest BCUT2D eigenvalue weighted by atomic mass is 10.1. The number of H-pyrrole nitrogens is 1. The molecule has 130 valence electrons. The first-order chi connectivity index (χ1) is 12.7. The summed E-state index contributed by atoms with van der Waals surface area (Å²) in [5.41, 5.74) is 3.88. The van der Waals surface area contributed by atoms with Gasteiger partial charge in [0.25, 0.3) is 5.91 Å². The molecule has 1 aromatic carbocycles. The molecule has 0 aliphatic heterocycles. The first-order valence-electron chi connectivity index (χ1n) is 8.14. The van der Waals surface area contributed by atoms with Crippen LogP contribution in [0.1, 0.15) is 16.1 Å². The Morgan fingerprint density at radius 2 is 2.15 bits per heavy atom. The summed E-state index contributed by atoms with van der Waals surface area (Å²) in [4.78, 5) is 12.4. The maximum absolute atomic E-state index is 12.4. The Morgan fingerprint density at radius 1 is 1.23 bits per heavy atom. The number of rotatable bonds is 5. The molecule has 0 radical (unpaired) electrons. The molecule has 7 heteroatoms. The second-order valence-corrected chi connectivity index (χ2v) is 5.78. The van der Waals surface area contributed by atoms with Gasteiger partial charge in [-0.25, -0.2) is 4.52 Å². The van der Waals surface area contributed by atoms with Crippen molar-refractivity contribution in [1.82, 2.24) is 25.1 Å². The highest BCUT2D eigenvalue weighted by atomic mass is 16.5. The van der Waals surface area contributed by atoms with Gasteiger partial charge in [-0.2, -0.15) is 10.2 Å². The molecule has 0 atom stereocenters. The van der Waals surface area contributed by atoms with E-state index in [1.165, 1.54) is 0 Å². The summed E-state index contributed by atoms with van der Waals surface area (Å²) in [6.07, 6.45) is 3.63. The Hall–Kier alpha value is -3.61. The van der Waals surface area contributed by atoms with E-state index in [0.717, 1.165) is 22.4 Å². The summed E-state index contributed by atoms with van der Waals surface area (Å²) in [6, 6.07) is 15.1. The smallest absolute Gasteiger partial charge is 0.269 e. The van der Waals surface area contributed by atoms with Gasteiger partial charge >= 0.3 is 0 Å². The van der Waals surface area contributed by atoms with Gasteiger partial charge in [-0.15, -0.1) is 0 Å². The van der Waals surface area contributed by atoms with Gasteiger partial charge in [-0.1, -0.05) is 18.2 Å². The number of carbonyl (C=O) groups is 1. The zero-order valence-electron chi connectivity index (χ0n) is 14.1. The van der Waals surface area contributed by atoms with Crippen LogP contribution in [0.15, 0.2) is 60.9 Å². The van der Waals surface area contributed by atoms with Gasteiger partial charge in [0.1, 0.15) is 11.4 Å². The molecule has 4 aromatic rings. The van der Waals surface area contributed by atoms with E-state index in [-0.39, 0.29) is 5.91 Å². The maximum Gasteiger partial charge on any atom is 0.269 e. The van der Waals surface area contributed by atoms with Crippen LogP contribution in [0.5, 0.6) is 5.75 Å². The first-order valence-corrected chi connectivity index (χ1v) is 8.14. The van der Waals surface area contributed by atoms with E-state index >= 15 is 0 Å². The monoisotopic (exact) mass is 347 g/mol. The standard InChI is InChI=1S/C19H17N5O2/c1-26-15-6-4-5-13(9-15)16-10-17(23-22-16)19(25)20-11-14-12-21-24-8-3-2-7-18(14)24/h2-10,12H,11H2,1H3,(H,20,25)(H,22,23). The molecule has 0 unspecified atom stereocenters. The molecule has 0 bridgehead atoms. The highest BCUT2D eigenvalue weighted by Gasteiger charge is 2.12. The number of benzene rings is 1. The highest BCUT2D eigenvalue weighted by Crippen LogP contribution is 2.22. The van der Waals surface area contributed by atoms with Crippen molar-refractivity contribution < 1.29 is 9.53 Å². The Balaban J connectivity index is 1.48. The lowest BCUT2D eigenvalue weighted by Gasteiger charge is -2.02. The normalized spacial score (nSPS) is 10.8. The quantitative estimate of drug-likeness (QED) is 0.581. The molecule has 0 saturated carbocycles. The molecule has 4 rings (SSSR count). The summed E-state index contributed by atoms with van der Waals surface area (Å²) in [7, 11) is 1.61. The van der Waals surface area contributed by atoms with Crippen LogP contribution in [0.2, 0.25) is 0 Å². The van der Waals surface area contributed by atoms with Gasteiger partial charge in [-0.3, -0.25) is 9.89 Å². The Labute approximate surface area is 149 Å². The number of nitrogens with one attached hydrogen (secondary N) is 2. The summed E-state index contributed by atoms with van der Waals surface area (Å²) in [6.45, 7) is 0.389. The summed E-state index contributed by atoms with van der Waals surface area (Å²) in [5, 5.41) is 14.2. The van der Waals surface area contributed by atoms with E-state index < -0.39 is 0 Å². The van der Waals surface area contributed by atoms with Gasteiger partial charge in [-0.05, 0) is 30.3 Å². The van der Waals surface area contributed by atoms with Crippen LogP contribution < -0.4 is 10.1 Å². The molecule has 0 saturated heterocycles. The maximum atomic E-state index is 12.4. The molecular weight excluding hydrogens is 330 g/mol. The van der Waals surface area contributed by atoms with Crippen molar-refractivity contribution in [1.29, 1.82) is 0 Å². The largest absolute Gasteiger partial charge is 0.497 e. The lowest BCUT2D eigenvalue weighted by Crippen LogP contribution is -2.23. The number of hydrogen-bond acceptors (Lipinski definition) is 4. The molecule has 2 N–H and O–H groups in total. The van der Waals surface area contributed by atoms with Crippen molar-refractivity contribution in [3.8, 4) is 17.0 Å². The zero-order valence-corrected chi connectivity index (χ0v) is 14.1. The third-order valence-corrected chi connectivity index (χ3v) is 4.13. The van der Waals surface area contributed by atoms with E-state index in [0.29, 0.717) is 17.9 Å². The summed E-state index contributed by atoms with van der Waals surface area (Å²) in [5.74, 6) is 0.520. The first kappa shape index (κ1) is 15.9. The van der Waals surface area contributed by atoms with Crippen molar-refractivity contribution in [3.05, 3.63) is 72.2 Å². The van der Waals surface area contributed by atoms with Crippen molar-refractivity contribution in [2.75, 3.05) is 7.11 Å². The van der Waals surface area contributed by atoms with E-state index in [1.807, 2.05) is 48.7 Å². The van der Waals surface area contributed by atoms with Crippen LogP contribution in [-0.4, -0.2) is 32.8 Å². The van der Waals surface area contributed by atoms with Crippen molar-refractivity contribution >= 4 is 11.4 Å². The zero-order chi connectivity index (χ0) is 17.9. The number of pyridine rings is 1. The van der Waals surface area contributed by atoms with Gasteiger partial charge < -0.3 is 10.1 Å². The van der Waals surface area contributed by atoms with Crippen LogP contribution >= 0.6 is 0 Å². The number of ether oxygens (including phenoxy) is 1. The minimum absolute atomic E-state index is 0.220. The number of carbonyl (C=O) groups excluding carboxylic acids is 1. The third-order valence-electron chi connectivity index (χ3n) is 4.13. The SMILES string of the molecule is COc1cccc(-c2cc(C(=O)NCc3cnn4ccccc34)[nH]n2)c1. The van der Waals surface area contributed by atoms with Crippen LogP contribution in [0, 0.1) is 0 Å². The summed E-state index contributed by atoms with van der Waals surface area (Å²) >= 11 is 0. The molecule has 0 aliphatic rings. The van der Waals surface area contributed by atoms with Crippen molar-refractivity contribution in [3.63, 3.8) is 0 Å². The fraction of sp³-hybridized carbons (Fsp3) is 0.105. The molecule has 0 spiro atoms. The Bertz CT molecular complexity index is 1070. The third kappa shape index (κ3) is 3.02. The second kappa shape index (κ2) is 6.72. The van der Waals surface area contributed by atoms with Gasteiger partial charge in [0, 0.05) is 23.9 Å². The van der Waals surface area contributed by atoms with Crippen LogP contribution in [0.25, 0.3) is 16.8 Å². The fourth-order valence-corrected chi connectivity index (χ4v) is 2.76. The second-order valence-electron chi connectivity index (χ2n) is 5.78. The van der Waals surface area contributed by atoms with Crippen LogP contribution in [-0.2, 0) is 6.54 Å². The predicted molar refractivity (Wildman–Crippen MR) is 96.9 cm³/mol. The molecule has 26 heavy (non-hydrogen) atoms. The number of fused-ring (bicyclic) bond motifs is 1. The van der Waals surface area contributed by atoms with E-state index in [2.05, 4.69) is 20.6 Å². The highest BCUT2D eigenvalue weighted by molar-refractivity contribution is 5.93. The number of aromatic amines is 1. The van der Waals surface area contributed by atoms with Crippen LogP contribution in [0.3, 0.4) is 0 Å². The average Bonchev–Trinajstić information content (AvgIpc) is 3.34. The predicted octanol–water partition coefficient (Wildman–Crippen LogP) is 2.66. The summed E-state index contributed by atoms with van der Waals surface area (Å²) < 4.78 is 7.00. The van der Waals surface area contributed by atoms with E-state index in [1.54, 1.807) is 23.9 Å². The number of hydrogen-bond donors (Lipinski definition) is 2.